The van der Waals surface area contributed by atoms with Gasteiger partial charge in [-0.25, -0.2) is 8.78 Å². The van der Waals surface area contributed by atoms with Crippen molar-refractivity contribution in [2.75, 3.05) is 11.7 Å². The highest BCUT2D eigenvalue weighted by atomic mass is 35.5. The van der Waals surface area contributed by atoms with E-state index in [9.17, 15) is 13.6 Å². The molecule has 0 bridgehead atoms. The zero-order valence-electron chi connectivity index (χ0n) is 19.0. The summed E-state index contributed by atoms with van der Waals surface area (Å²) in [5.41, 5.74) is 3.14. The number of nitrogens with one attached hydrogen (secondary N) is 1. The smallest absolute Gasteiger partial charge is 0.282 e. The van der Waals surface area contributed by atoms with Gasteiger partial charge in [-0.15, -0.1) is 11.6 Å². The van der Waals surface area contributed by atoms with E-state index in [1.165, 1.54) is 34.8 Å². The number of hydrogen-bond donors (Lipinski definition) is 1. The number of anilines is 1. The Hall–Kier alpha value is -1.95. The van der Waals surface area contributed by atoms with Crippen molar-refractivity contribution in [3.05, 3.63) is 46.8 Å². The molecule has 31 heavy (non-hydrogen) atoms. The molecule has 1 spiro atoms. The molecular formula is C24H32ClF2N3O. The molecule has 170 valence electrons. The minimum atomic E-state index is -2.78. The maximum absolute atomic E-state index is 13.2. The number of halogens is 3. The summed E-state index contributed by atoms with van der Waals surface area (Å²) in [7, 11) is 1.54. The first-order valence-electron chi connectivity index (χ1n) is 11.0. The summed E-state index contributed by atoms with van der Waals surface area (Å²) in [5, 5.41) is 6.63. The van der Waals surface area contributed by atoms with Gasteiger partial charge in [0.25, 0.3) is 12.3 Å². The molecule has 2 fully saturated rings. The van der Waals surface area contributed by atoms with Gasteiger partial charge >= 0.3 is 0 Å². The first-order valence-corrected chi connectivity index (χ1v) is 11.8. The molecule has 1 heterocycles. The number of carbonyl (C=O) groups excluding carboxylic acids is 1. The molecule has 1 aromatic carbocycles. The zero-order valence-corrected chi connectivity index (χ0v) is 19.8. The van der Waals surface area contributed by atoms with E-state index >= 15 is 0 Å². The van der Waals surface area contributed by atoms with Crippen LogP contribution in [0.1, 0.15) is 80.1 Å². The Morgan fingerprint density at radius 1 is 1.26 bits per heavy atom. The van der Waals surface area contributed by atoms with E-state index in [0.29, 0.717) is 17.3 Å². The maximum atomic E-state index is 13.2. The standard InChI is InChI=1S/C21H23F2N3O.C2H6.CH3Cl/c1-10(2)17-14-8-7-13-16-12(21(13,14)17)5-4-6-15(16)24-20(27)11-9-26(3)25-18(11)19(22)23;2*1-2/h4-6,9-10,13-14,17,19H,7-8H2,1-3H3,(H,24,27);1-2H3;1H3. The van der Waals surface area contributed by atoms with E-state index in [0.717, 1.165) is 23.9 Å². The number of amides is 1. The lowest BCUT2D eigenvalue weighted by molar-refractivity contribution is 0.101. The van der Waals surface area contributed by atoms with Crippen molar-refractivity contribution in [2.45, 2.75) is 58.3 Å². The van der Waals surface area contributed by atoms with Crippen LogP contribution in [0.5, 0.6) is 0 Å². The third-order valence-electron chi connectivity index (χ3n) is 7.03. The second kappa shape index (κ2) is 8.89. The fourth-order valence-corrected chi connectivity index (χ4v) is 6.35. The molecule has 3 aliphatic carbocycles. The normalized spacial score (nSPS) is 26.5. The molecule has 2 aromatic rings. The summed E-state index contributed by atoms with van der Waals surface area (Å²) < 4.78 is 27.6. The lowest BCUT2D eigenvalue weighted by atomic mass is 9.62. The topological polar surface area (TPSA) is 46.9 Å². The second-order valence-corrected chi connectivity index (χ2v) is 8.56. The number of nitrogens with zero attached hydrogens (tertiary/aromatic N) is 2. The van der Waals surface area contributed by atoms with E-state index < -0.39 is 18.0 Å². The lowest BCUT2D eigenvalue weighted by Crippen LogP contribution is -2.34. The molecule has 0 saturated heterocycles. The zero-order chi connectivity index (χ0) is 23.1. The van der Waals surface area contributed by atoms with Gasteiger partial charge in [0.15, 0.2) is 0 Å². The average molecular weight is 452 g/mol. The van der Waals surface area contributed by atoms with Crippen molar-refractivity contribution in [3.63, 3.8) is 0 Å². The SMILES string of the molecule is CC.CC(C)C1C2CCC3c4c(NC(=O)c5cn(C)nc5C(F)F)cccc4C321.CCl. The fourth-order valence-electron chi connectivity index (χ4n) is 6.35. The number of rotatable bonds is 4. The highest BCUT2D eigenvalue weighted by Gasteiger charge is 2.77. The molecule has 4 nitrogen and oxygen atoms in total. The van der Waals surface area contributed by atoms with E-state index in [4.69, 9.17) is 0 Å². The second-order valence-electron chi connectivity index (χ2n) is 8.56. The van der Waals surface area contributed by atoms with Gasteiger partial charge in [0.05, 0.1) is 5.56 Å². The highest BCUT2D eigenvalue weighted by molar-refractivity contribution is 6.15. The Bertz CT molecular complexity index is 958. The van der Waals surface area contributed by atoms with Gasteiger partial charge in [-0.2, -0.15) is 5.10 Å². The van der Waals surface area contributed by atoms with Crippen LogP contribution >= 0.6 is 11.6 Å². The largest absolute Gasteiger partial charge is 0.322 e. The average Bonchev–Trinajstić information content (AvgIpc) is 3.14. The Labute approximate surface area is 188 Å². The van der Waals surface area contributed by atoms with Crippen molar-refractivity contribution in [2.24, 2.45) is 24.8 Å². The van der Waals surface area contributed by atoms with Gasteiger partial charge in [-0.1, -0.05) is 39.8 Å². The third kappa shape index (κ3) is 3.38. The summed E-state index contributed by atoms with van der Waals surface area (Å²) in [4.78, 5) is 12.7. The van der Waals surface area contributed by atoms with E-state index in [1.807, 2.05) is 26.0 Å². The van der Waals surface area contributed by atoms with Gasteiger partial charge in [0.2, 0.25) is 0 Å². The van der Waals surface area contributed by atoms with Crippen LogP contribution < -0.4 is 5.32 Å². The van der Waals surface area contributed by atoms with Crippen LogP contribution in [-0.2, 0) is 12.5 Å². The van der Waals surface area contributed by atoms with Crippen molar-refractivity contribution in [3.8, 4) is 0 Å². The molecule has 0 radical (unpaired) electrons. The monoisotopic (exact) mass is 451 g/mol. The summed E-state index contributed by atoms with van der Waals surface area (Å²) in [6, 6.07) is 6.06. The molecule has 5 rings (SSSR count). The van der Waals surface area contributed by atoms with E-state index in [2.05, 4.69) is 41.9 Å². The quantitative estimate of drug-likeness (QED) is 0.537. The highest BCUT2D eigenvalue weighted by Crippen LogP contribution is 2.82. The first-order chi connectivity index (χ1) is 14.9. The Balaban J connectivity index is 0.000000645. The molecule has 4 atom stereocenters. The van der Waals surface area contributed by atoms with Gasteiger partial charge in [-0.3, -0.25) is 9.48 Å². The molecule has 3 aliphatic rings. The van der Waals surface area contributed by atoms with Crippen molar-refractivity contribution in [1.29, 1.82) is 0 Å². The number of aryl methyl sites for hydroxylation is 1. The predicted octanol–water partition coefficient (Wildman–Crippen LogP) is 6.52. The summed E-state index contributed by atoms with van der Waals surface area (Å²) in [5.74, 6) is 2.14. The van der Waals surface area contributed by atoms with Crippen LogP contribution in [0.2, 0.25) is 0 Å². The van der Waals surface area contributed by atoms with Crippen LogP contribution in [0.15, 0.2) is 24.4 Å². The third-order valence-corrected chi connectivity index (χ3v) is 7.03. The Kier molecular flexibility index (Phi) is 6.80. The van der Waals surface area contributed by atoms with Crippen molar-refractivity contribution < 1.29 is 13.6 Å². The maximum Gasteiger partial charge on any atom is 0.282 e. The molecule has 1 N–H and O–H groups in total. The number of alkyl halides is 3. The number of aromatic nitrogens is 2. The van der Waals surface area contributed by atoms with Crippen LogP contribution in [0, 0.1) is 17.8 Å². The first kappa shape index (κ1) is 23.7. The molecule has 2 saturated carbocycles. The molecule has 4 unspecified atom stereocenters. The van der Waals surface area contributed by atoms with Crippen LogP contribution in [0.4, 0.5) is 14.5 Å². The van der Waals surface area contributed by atoms with Gasteiger partial charge in [-0.05, 0) is 53.7 Å². The fraction of sp³-hybridized carbons (Fsp3) is 0.583. The minimum Gasteiger partial charge on any atom is -0.322 e. The number of fused-ring (bicyclic) bond motifs is 2. The number of carbonyl (C=O) groups is 1. The van der Waals surface area contributed by atoms with E-state index in [1.54, 1.807) is 7.05 Å². The van der Waals surface area contributed by atoms with Crippen molar-refractivity contribution >= 4 is 23.2 Å². The Morgan fingerprint density at radius 3 is 2.52 bits per heavy atom. The molecular weight excluding hydrogens is 420 g/mol. The van der Waals surface area contributed by atoms with Crippen LogP contribution in [-0.4, -0.2) is 22.1 Å². The summed E-state index contributed by atoms with van der Waals surface area (Å²) in [6.07, 6.45) is 2.45. The van der Waals surface area contributed by atoms with Gasteiger partial charge < -0.3 is 5.32 Å². The number of benzene rings is 1. The summed E-state index contributed by atoms with van der Waals surface area (Å²) in [6.45, 7) is 8.60. The minimum absolute atomic E-state index is 0.0603. The van der Waals surface area contributed by atoms with Crippen LogP contribution in [0.25, 0.3) is 0 Å². The van der Waals surface area contributed by atoms with Crippen molar-refractivity contribution in [1.82, 2.24) is 9.78 Å². The molecule has 7 heteroatoms. The predicted molar refractivity (Wildman–Crippen MR) is 121 cm³/mol. The lowest BCUT2D eigenvalue weighted by Gasteiger charge is -2.42. The van der Waals surface area contributed by atoms with E-state index in [-0.39, 0.29) is 5.56 Å². The molecule has 0 aliphatic heterocycles. The molecule has 1 amide bonds. The van der Waals surface area contributed by atoms with Gasteiger partial charge in [0, 0.05) is 30.7 Å². The molecule has 1 aromatic heterocycles. The van der Waals surface area contributed by atoms with Gasteiger partial charge in [0.1, 0.15) is 5.69 Å². The Morgan fingerprint density at radius 2 is 1.94 bits per heavy atom. The summed E-state index contributed by atoms with van der Waals surface area (Å²) >= 11 is 4.64. The number of hydrogen-bond acceptors (Lipinski definition) is 2. The van der Waals surface area contributed by atoms with Crippen LogP contribution in [0.3, 0.4) is 0 Å².